The van der Waals surface area contributed by atoms with E-state index in [-0.39, 0.29) is 79.5 Å². The van der Waals surface area contributed by atoms with Crippen LogP contribution in [0.25, 0.3) is 66.5 Å². The Bertz CT molecular complexity index is 5340. The average Bonchev–Trinajstić information content (AvgIpc) is 0.800. The van der Waals surface area contributed by atoms with Crippen molar-refractivity contribution < 1.29 is 13.2 Å². The lowest BCUT2D eigenvalue weighted by atomic mass is 10.0. The number of fused-ring (bicyclic) bond motifs is 3. The molecule has 10 aromatic heterocycles. The molecular formula is C68H50Cl2F3N23O2. The Hall–Kier alpha value is -13.3. The molecule has 0 aliphatic carbocycles. The van der Waals surface area contributed by atoms with Crippen molar-refractivity contribution in [3.63, 3.8) is 0 Å². The maximum atomic E-state index is 13.7. The van der Waals surface area contributed by atoms with Gasteiger partial charge in [0.1, 0.15) is 83.0 Å². The standard InChI is InChI=1S/C21H16FN7.C21H15FN6O.C16H14FN3.C5H3ClN4.C5H2ClN3O/c1-12(28-21-16(10-23)20(24)26-11-27-21)19-15(18-4-2-3-7-25-18)9-13-8-14(22)5-6-17(13)29-19;1-12(27-20-16(10-23)21(29)26-11-25-20)19-15(18-4-2-3-7-24-18)9-13-8-14(22)5-6-17(13)28-19;1-10(18)16-13(15-4-2-3-7-19-15)9-11-8-12(17)5-6-14(11)20-16;6-4-3(1-7)5(8)10-2-9-4;6-4-3(1-7)5(10)9-2-8-4/h2-9,11-12H,1H3,(H3,24,26,27,28);2-9,11-12H,1H3,(H2,25,26,27,29);2-10H,18H2,1H3;2H,(H2,8,9,10);2H,(H,8,9,10). The summed E-state index contributed by atoms with van der Waals surface area (Å²) in [5, 5.41) is 43.7. The first kappa shape index (κ1) is 69.1. The third kappa shape index (κ3) is 16.7. The zero-order chi connectivity index (χ0) is 70.0. The molecule has 3 aromatic carbocycles. The molecule has 484 valence electrons. The lowest BCUT2D eigenvalue weighted by Gasteiger charge is -2.19. The van der Waals surface area contributed by atoms with Gasteiger partial charge in [0.15, 0.2) is 27.3 Å². The average molecular weight is 1350 g/mol. The van der Waals surface area contributed by atoms with Gasteiger partial charge >= 0.3 is 0 Å². The van der Waals surface area contributed by atoms with Crippen molar-refractivity contribution in [1.82, 2.24) is 69.8 Å². The SMILES string of the molecule is CC(N)c1nc2ccc(F)cc2cc1-c1ccccn1.CC(Nc1nc[nH]c(=O)c1C#N)c1nc2ccc(F)cc2cc1-c1ccccn1.CC(Nc1ncnc(N)c1C#N)c1nc2ccc(F)cc2cc1-c1ccccn1.N#Cc1c(Cl)nc[nH]c1=O.N#Cc1c(N)ncnc1Cl. The molecule has 13 rings (SSSR count). The van der Waals surface area contributed by atoms with Gasteiger partial charge in [0.2, 0.25) is 0 Å². The van der Waals surface area contributed by atoms with Gasteiger partial charge < -0.3 is 37.8 Å². The van der Waals surface area contributed by atoms with Crippen LogP contribution in [-0.2, 0) is 0 Å². The molecule has 0 radical (unpaired) electrons. The van der Waals surface area contributed by atoms with Gasteiger partial charge in [-0.05, 0) is 130 Å². The summed E-state index contributed by atoms with van der Waals surface area (Å²) in [4.78, 5) is 77.0. The van der Waals surface area contributed by atoms with E-state index in [4.69, 9.17) is 60.9 Å². The number of anilines is 4. The molecule has 0 amide bonds. The van der Waals surface area contributed by atoms with Crippen LogP contribution in [0.4, 0.5) is 36.4 Å². The predicted octanol–water partition coefficient (Wildman–Crippen LogP) is 11.8. The van der Waals surface area contributed by atoms with Crippen molar-refractivity contribution in [3.05, 3.63) is 259 Å². The summed E-state index contributed by atoms with van der Waals surface area (Å²) in [6.07, 6.45) is 9.95. The number of rotatable bonds is 10. The van der Waals surface area contributed by atoms with Gasteiger partial charge in [-0.25, -0.2) is 53.0 Å². The number of H-pyrrole nitrogens is 2. The van der Waals surface area contributed by atoms with E-state index in [0.29, 0.717) is 56.0 Å². The summed E-state index contributed by atoms with van der Waals surface area (Å²) in [7, 11) is 0. The molecule has 3 atom stereocenters. The normalized spacial score (nSPS) is 11.3. The van der Waals surface area contributed by atoms with Crippen LogP contribution in [0.1, 0.15) is 78.2 Å². The van der Waals surface area contributed by atoms with Gasteiger partial charge in [0.05, 0.1) is 75.5 Å². The number of nitrogens with one attached hydrogen (secondary N) is 4. The molecule has 0 bridgehead atoms. The number of aromatic nitrogens is 14. The summed E-state index contributed by atoms with van der Waals surface area (Å²) in [6.45, 7) is 5.61. The van der Waals surface area contributed by atoms with Crippen molar-refractivity contribution in [2.45, 2.75) is 38.9 Å². The highest BCUT2D eigenvalue weighted by Gasteiger charge is 2.22. The minimum atomic E-state index is -0.524. The number of aromatic amines is 2. The van der Waals surface area contributed by atoms with Crippen molar-refractivity contribution in [1.29, 1.82) is 21.0 Å². The number of halogens is 5. The Morgan fingerprint density at radius 3 is 1.20 bits per heavy atom. The molecule has 25 nitrogen and oxygen atoms in total. The lowest BCUT2D eigenvalue weighted by Crippen LogP contribution is -2.18. The highest BCUT2D eigenvalue weighted by atomic mass is 35.5. The second-order valence-electron chi connectivity index (χ2n) is 20.6. The van der Waals surface area contributed by atoms with Crippen molar-refractivity contribution in [3.8, 4) is 58.0 Å². The first-order valence-electron chi connectivity index (χ1n) is 28.9. The fourth-order valence-corrected chi connectivity index (χ4v) is 9.77. The van der Waals surface area contributed by atoms with Gasteiger partial charge in [-0.3, -0.25) is 29.5 Å². The van der Waals surface area contributed by atoms with Crippen LogP contribution < -0.4 is 39.0 Å². The lowest BCUT2D eigenvalue weighted by molar-refractivity contribution is 0.629. The largest absolute Gasteiger partial charge is 0.382 e. The molecule has 0 spiro atoms. The molecule has 3 unspecified atom stereocenters. The minimum absolute atomic E-state index is 0.0637. The number of nitrogens with zero attached hydrogens (tertiary/aromatic N) is 16. The van der Waals surface area contributed by atoms with E-state index in [1.165, 1.54) is 55.4 Å². The van der Waals surface area contributed by atoms with E-state index >= 15 is 0 Å². The number of benzene rings is 3. The maximum Gasteiger partial charge on any atom is 0.270 e. The molecule has 98 heavy (non-hydrogen) atoms. The Kier molecular flexibility index (Phi) is 22.6. The number of hydrogen-bond acceptors (Lipinski definition) is 23. The fourth-order valence-electron chi connectivity index (χ4n) is 9.41. The van der Waals surface area contributed by atoms with E-state index < -0.39 is 17.2 Å². The van der Waals surface area contributed by atoms with Crippen molar-refractivity contribution in [2.75, 3.05) is 22.1 Å². The van der Waals surface area contributed by atoms with Gasteiger partial charge in [-0.1, -0.05) is 41.4 Å². The Morgan fingerprint density at radius 2 is 0.827 bits per heavy atom. The summed E-state index contributed by atoms with van der Waals surface area (Å²) in [5.41, 5.74) is 24.6. The summed E-state index contributed by atoms with van der Waals surface area (Å²) < 4.78 is 40.8. The van der Waals surface area contributed by atoms with E-state index in [2.05, 4.69) is 70.4 Å². The molecule has 0 aliphatic heterocycles. The van der Waals surface area contributed by atoms with Crippen LogP contribution in [0.15, 0.2) is 181 Å². The highest BCUT2D eigenvalue weighted by molar-refractivity contribution is 6.31. The monoisotopic (exact) mass is 1350 g/mol. The van der Waals surface area contributed by atoms with Crippen LogP contribution in [0.5, 0.6) is 0 Å². The van der Waals surface area contributed by atoms with E-state index in [1.807, 2.05) is 99.6 Å². The van der Waals surface area contributed by atoms with E-state index in [9.17, 15) is 33.3 Å². The molecule has 30 heteroatoms. The third-order valence-corrected chi connectivity index (χ3v) is 14.6. The molecule has 0 aliphatic rings. The second kappa shape index (κ2) is 32.1. The zero-order valence-electron chi connectivity index (χ0n) is 51.5. The fraction of sp³-hybridized carbons (Fsp3) is 0.0882. The molecule has 13 aromatic rings. The molecule has 0 saturated carbocycles. The second-order valence-corrected chi connectivity index (χ2v) is 21.4. The highest BCUT2D eigenvalue weighted by Crippen LogP contribution is 2.34. The van der Waals surface area contributed by atoms with Crippen LogP contribution in [0.3, 0.4) is 0 Å². The number of nitrogen functional groups attached to an aromatic ring is 2. The van der Waals surface area contributed by atoms with Gasteiger partial charge in [-0.2, -0.15) is 21.0 Å². The van der Waals surface area contributed by atoms with Crippen LogP contribution in [0.2, 0.25) is 10.3 Å². The molecule has 0 saturated heterocycles. The van der Waals surface area contributed by atoms with Gasteiger partial charge in [-0.15, -0.1) is 0 Å². The summed E-state index contributed by atoms with van der Waals surface area (Å²) >= 11 is 10.9. The van der Waals surface area contributed by atoms with Crippen LogP contribution >= 0.6 is 23.2 Å². The first-order chi connectivity index (χ1) is 47.3. The van der Waals surface area contributed by atoms with E-state index in [1.54, 1.807) is 55.0 Å². The van der Waals surface area contributed by atoms with Gasteiger partial charge in [0, 0.05) is 57.5 Å². The topological polar surface area (TPSA) is 418 Å². The van der Waals surface area contributed by atoms with Crippen molar-refractivity contribution in [2.24, 2.45) is 5.73 Å². The minimum Gasteiger partial charge on any atom is -0.382 e. The quantitative estimate of drug-likeness (QED) is 0.0625. The maximum absolute atomic E-state index is 13.7. The molecule has 10 N–H and O–H groups in total. The summed E-state index contributed by atoms with van der Waals surface area (Å²) in [6, 6.07) is 42.0. The Labute approximate surface area is 564 Å². The number of nitrogens with two attached hydrogens (primary N) is 3. The number of nitriles is 4. The van der Waals surface area contributed by atoms with Crippen LogP contribution in [-0.4, -0.2) is 69.8 Å². The smallest absolute Gasteiger partial charge is 0.270 e. The number of hydrogen-bond donors (Lipinski definition) is 7. The zero-order valence-corrected chi connectivity index (χ0v) is 53.0. The summed E-state index contributed by atoms with van der Waals surface area (Å²) in [5.74, 6) is -0.263. The van der Waals surface area contributed by atoms with E-state index in [0.717, 1.165) is 39.7 Å². The molecule has 10 heterocycles. The van der Waals surface area contributed by atoms with Gasteiger partial charge in [0.25, 0.3) is 11.1 Å². The van der Waals surface area contributed by atoms with Crippen LogP contribution in [0, 0.1) is 62.8 Å². The first-order valence-corrected chi connectivity index (χ1v) is 29.7. The Morgan fingerprint density at radius 1 is 0.449 bits per heavy atom. The third-order valence-electron chi connectivity index (χ3n) is 14.0. The number of pyridine rings is 6. The Balaban J connectivity index is 0.000000152. The molecule has 0 fully saturated rings. The predicted molar refractivity (Wildman–Crippen MR) is 363 cm³/mol. The van der Waals surface area contributed by atoms with Crippen molar-refractivity contribution >= 4 is 79.2 Å². The molecular weight excluding hydrogens is 1300 g/mol.